The molecule has 0 aromatic carbocycles. The Labute approximate surface area is 485 Å². The Morgan fingerprint density at radius 3 is 1.22 bits per heavy atom. The van der Waals surface area contributed by atoms with E-state index in [0.717, 1.165) is 83.5 Å². The average Bonchev–Trinajstić information content (AvgIpc) is 3.40. The summed E-state index contributed by atoms with van der Waals surface area (Å²) in [4.78, 5) is 40.0. The number of hydrogen-bond acceptors (Lipinski definition) is 7. The number of quaternary nitrogens is 1. The van der Waals surface area contributed by atoms with Gasteiger partial charge in [-0.3, -0.25) is 14.2 Å². The van der Waals surface area contributed by atoms with Crippen LogP contribution in [-0.2, 0) is 27.9 Å². The maximum absolute atomic E-state index is 13.6. The third kappa shape index (κ3) is 58.9. The topological polar surface area (TPSA) is 114 Å². The molecule has 78 heavy (non-hydrogen) atoms. The lowest BCUT2D eigenvalue weighted by Crippen LogP contribution is -2.47. The number of amides is 1. The number of carbonyl (C=O) groups excluding carboxylic acids is 2. The van der Waals surface area contributed by atoms with E-state index >= 15 is 0 Å². The summed E-state index contributed by atoms with van der Waals surface area (Å²) in [6, 6.07) is -0.887. The molecule has 3 atom stereocenters. The van der Waals surface area contributed by atoms with Crippen molar-refractivity contribution >= 4 is 19.7 Å². The van der Waals surface area contributed by atoms with Crippen molar-refractivity contribution in [1.82, 2.24) is 5.32 Å². The highest BCUT2D eigenvalue weighted by Crippen LogP contribution is 2.38. The molecule has 1 N–H and O–H groups in total. The van der Waals surface area contributed by atoms with Gasteiger partial charge in [0.1, 0.15) is 19.3 Å². The second kappa shape index (κ2) is 58.4. The van der Waals surface area contributed by atoms with Crippen molar-refractivity contribution in [1.29, 1.82) is 0 Å². The molecular formula is C68H131N2O7P. The number of carbonyl (C=O) groups is 2. The van der Waals surface area contributed by atoms with Crippen LogP contribution in [0.1, 0.15) is 335 Å². The molecule has 9 nitrogen and oxygen atoms in total. The van der Waals surface area contributed by atoms with Gasteiger partial charge in [0.05, 0.1) is 33.8 Å². The summed E-state index contributed by atoms with van der Waals surface area (Å²) < 4.78 is 30.3. The maximum atomic E-state index is 13.6. The van der Waals surface area contributed by atoms with Crippen LogP contribution in [0.15, 0.2) is 36.5 Å². The van der Waals surface area contributed by atoms with E-state index < -0.39 is 20.0 Å². The maximum Gasteiger partial charge on any atom is 0.306 e. The van der Waals surface area contributed by atoms with Gasteiger partial charge in [-0.2, -0.15) is 0 Å². The fourth-order valence-corrected chi connectivity index (χ4v) is 10.9. The van der Waals surface area contributed by atoms with Crippen LogP contribution in [0.3, 0.4) is 0 Å². The molecule has 0 saturated heterocycles. The smallest absolute Gasteiger partial charge is 0.306 e. The first-order chi connectivity index (χ1) is 37.9. The Hall–Kier alpha value is -1.77. The lowest BCUT2D eigenvalue weighted by molar-refractivity contribution is -0.870. The van der Waals surface area contributed by atoms with Crippen molar-refractivity contribution in [3.63, 3.8) is 0 Å². The van der Waals surface area contributed by atoms with Crippen molar-refractivity contribution in [3.8, 4) is 0 Å². The van der Waals surface area contributed by atoms with Crippen molar-refractivity contribution in [3.05, 3.63) is 36.5 Å². The molecule has 0 rings (SSSR count). The molecule has 0 fully saturated rings. The van der Waals surface area contributed by atoms with Crippen molar-refractivity contribution in [2.75, 3.05) is 40.9 Å². The minimum absolute atomic E-state index is 0.0213. The summed E-state index contributed by atoms with van der Waals surface area (Å²) in [5, 5.41) is 3.04. The Morgan fingerprint density at radius 2 is 0.821 bits per heavy atom. The Morgan fingerprint density at radius 1 is 0.462 bits per heavy atom. The number of rotatable bonds is 62. The summed E-state index contributed by atoms with van der Waals surface area (Å²) in [7, 11) is 1.19. The SMILES string of the molecule is CC/C=C/C/C=C/CCCCCCCCCC(=O)OC(/C=C\CCCCCCCCCCC)C(COP(=O)([O-])OCC[N+](C)(C)C)NC(=O)CCCCCCCCCCCCCCCCCCCCCCCCCCCCC. The molecule has 0 aliphatic rings. The van der Waals surface area contributed by atoms with Crippen LogP contribution < -0.4 is 10.2 Å². The average molecular weight is 1120 g/mol. The molecule has 0 aliphatic heterocycles. The van der Waals surface area contributed by atoms with Crippen LogP contribution >= 0.6 is 7.82 Å². The van der Waals surface area contributed by atoms with E-state index in [1.807, 2.05) is 33.3 Å². The number of hydrogen-bond donors (Lipinski definition) is 1. The highest BCUT2D eigenvalue weighted by atomic mass is 31.2. The molecule has 0 bridgehead atoms. The van der Waals surface area contributed by atoms with Gasteiger partial charge in [0.25, 0.3) is 7.82 Å². The monoisotopic (exact) mass is 1120 g/mol. The van der Waals surface area contributed by atoms with Crippen molar-refractivity contribution < 1.29 is 37.3 Å². The number of nitrogens with zero attached hydrogens (tertiary/aromatic N) is 1. The van der Waals surface area contributed by atoms with E-state index in [1.165, 1.54) is 218 Å². The lowest BCUT2D eigenvalue weighted by Gasteiger charge is -2.30. The molecule has 0 saturated carbocycles. The molecule has 0 aromatic heterocycles. The molecule has 1 amide bonds. The molecule has 0 radical (unpaired) electrons. The first-order valence-corrected chi connectivity index (χ1v) is 35.3. The van der Waals surface area contributed by atoms with E-state index in [2.05, 4.69) is 50.4 Å². The number of unbranched alkanes of at least 4 members (excludes halogenated alkanes) is 42. The number of phosphoric acid groups is 1. The fraction of sp³-hybridized carbons (Fsp3) is 0.882. The molecule has 0 spiro atoms. The predicted octanol–water partition coefficient (Wildman–Crippen LogP) is 20.4. The Bertz CT molecular complexity index is 1430. The van der Waals surface area contributed by atoms with Gasteiger partial charge >= 0.3 is 5.97 Å². The van der Waals surface area contributed by atoms with Crippen molar-refractivity contribution in [2.24, 2.45) is 0 Å². The van der Waals surface area contributed by atoms with Crippen LogP contribution in [-0.4, -0.2) is 69.4 Å². The fourth-order valence-electron chi connectivity index (χ4n) is 10.2. The summed E-state index contributed by atoms with van der Waals surface area (Å²) >= 11 is 0. The Balaban J connectivity index is 4.93. The minimum atomic E-state index is -4.70. The van der Waals surface area contributed by atoms with Gasteiger partial charge in [-0.25, -0.2) is 0 Å². The first kappa shape index (κ1) is 76.2. The minimum Gasteiger partial charge on any atom is -0.756 e. The molecule has 0 aliphatic carbocycles. The molecule has 0 aromatic rings. The molecule has 0 heterocycles. The van der Waals surface area contributed by atoms with Gasteiger partial charge in [-0.05, 0) is 57.4 Å². The number of allylic oxidation sites excluding steroid dienone is 5. The van der Waals surface area contributed by atoms with Gasteiger partial charge in [-0.1, -0.05) is 302 Å². The van der Waals surface area contributed by atoms with E-state index in [0.29, 0.717) is 17.4 Å². The largest absolute Gasteiger partial charge is 0.756 e. The number of likely N-dealkylation sites (N-methyl/N-ethyl adjacent to an activating group) is 1. The highest BCUT2D eigenvalue weighted by Gasteiger charge is 2.27. The molecule has 10 heteroatoms. The summed E-state index contributed by atoms with van der Waals surface area (Å²) in [5.41, 5.74) is 0. The van der Waals surface area contributed by atoms with Gasteiger partial charge in [-0.15, -0.1) is 0 Å². The standard InChI is InChI=1S/C68H131N2O7P/c1-7-10-13-16-19-22-25-27-29-30-31-32-33-34-35-36-37-38-39-40-41-42-45-48-51-54-57-60-67(71)69-65(64-76-78(73,74)75-63-62-70(4,5)6)66(59-56-53-50-47-44-24-21-18-15-12-9-3)77-68(72)61-58-55-52-49-46-43-28-26-23-20-17-14-11-8-2/h11,14,20,23,56,59,65-66H,7-10,12-13,15-19,21-22,24-55,57-58,60-64H2,1-6H3,(H-,69,71,73,74)/b14-11+,23-20+,59-56-. The number of phosphoric ester groups is 1. The second-order valence-electron chi connectivity index (χ2n) is 24.3. The lowest BCUT2D eigenvalue weighted by atomic mass is 10.0. The third-order valence-electron chi connectivity index (χ3n) is 15.3. The predicted molar refractivity (Wildman–Crippen MR) is 335 cm³/mol. The second-order valence-corrected chi connectivity index (χ2v) is 25.7. The van der Waals surface area contributed by atoms with Crippen LogP contribution in [0.25, 0.3) is 0 Å². The first-order valence-electron chi connectivity index (χ1n) is 33.8. The Kier molecular flexibility index (Phi) is 57.1. The van der Waals surface area contributed by atoms with E-state index in [4.69, 9.17) is 13.8 Å². The zero-order chi connectivity index (χ0) is 57.2. The van der Waals surface area contributed by atoms with Crippen LogP contribution in [0, 0.1) is 0 Å². The normalized spacial score (nSPS) is 13.8. The van der Waals surface area contributed by atoms with Gasteiger partial charge in [0.2, 0.25) is 5.91 Å². The number of ether oxygens (including phenoxy) is 1. The van der Waals surface area contributed by atoms with Gasteiger partial charge < -0.3 is 28.5 Å². The van der Waals surface area contributed by atoms with E-state index in [9.17, 15) is 19.0 Å². The summed E-state index contributed by atoms with van der Waals surface area (Å²) in [6.45, 7) is 6.77. The summed E-state index contributed by atoms with van der Waals surface area (Å²) in [6.07, 6.45) is 71.4. The zero-order valence-corrected chi connectivity index (χ0v) is 53.5. The zero-order valence-electron chi connectivity index (χ0n) is 52.6. The van der Waals surface area contributed by atoms with Crippen molar-refractivity contribution in [2.45, 2.75) is 348 Å². The van der Waals surface area contributed by atoms with E-state index in [1.54, 1.807) is 0 Å². The quantitative estimate of drug-likeness (QED) is 0.0212. The van der Waals surface area contributed by atoms with E-state index in [-0.39, 0.29) is 31.5 Å². The highest BCUT2D eigenvalue weighted by molar-refractivity contribution is 7.45. The van der Waals surface area contributed by atoms with Crippen LogP contribution in [0.5, 0.6) is 0 Å². The molecule has 3 unspecified atom stereocenters. The van der Waals surface area contributed by atoms with Crippen LogP contribution in [0.4, 0.5) is 0 Å². The van der Waals surface area contributed by atoms with Gasteiger partial charge in [0.15, 0.2) is 0 Å². The molecular weight excluding hydrogens is 988 g/mol. The molecule has 460 valence electrons. The number of esters is 1. The third-order valence-corrected chi connectivity index (χ3v) is 16.3. The van der Waals surface area contributed by atoms with Gasteiger partial charge in [0, 0.05) is 12.8 Å². The number of nitrogens with one attached hydrogen (secondary N) is 1. The van der Waals surface area contributed by atoms with Crippen LogP contribution in [0.2, 0.25) is 0 Å². The summed E-state index contributed by atoms with van der Waals surface area (Å²) in [5.74, 6) is -0.536.